The van der Waals surface area contributed by atoms with Crippen LogP contribution in [0.4, 0.5) is 0 Å². The minimum absolute atomic E-state index is 0.0660. The molecular formula is C14H27NO2. The Morgan fingerprint density at radius 1 is 1.35 bits per heavy atom. The maximum absolute atomic E-state index is 6.01. The van der Waals surface area contributed by atoms with Gasteiger partial charge in [0.1, 0.15) is 0 Å². The molecule has 0 amide bonds. The van der Waals surface area contributed by atoms with Crippen LogP contribution >= 0.6 is 0 Å². The van der Waals surface area contributed by atoms with E-state index in [2.05, 4.69) is 19.2 Å². The second kappa shape index (κ2) is 5.68. The summed E-state index contributed by atoms with van der Waals surface area (Å²) < 4.78 is 11.5. The van der Waals surface area contributed by atoms with Crippen molar-refractivity contribution in [2.75, 3.05) is 33.4 Å². The molecule has 2 heterocycles. The van der Waals surface area contributed by atoms with Gasteiger partial charge in [0.25, 0.3) is 0 Å². The maximum atomic E-state index is 6.01. The van der Waals surface area contributed by atoms with Crippen molar-refractivity contribution in [1.82, 2.24) is 5.32 Å². The van der Waals surface area contributed by atoms with Crippen LogP contribution in [0.5, 0.6) is 0 Å². The number of ether oxygens (including phenoxy) is 2. The molecular weight excluding hydrogens is 214 g/mol. The lowest BCUT2D eigenvalue weighted by atomic mass is 9.74. The Morgan fingerprint density at radius 3 is 2.82 bits per heavy atom. The molecule has 2 aliphatic heterocycles. The van der Waals surface area contributed by atoms with Crippen LogP contribution in [0.2, 0.25) is 0 Å². The molecule has 100 valence electrons. The molecule has 1 N–H and O–H groups in total. The van der Waals surface area contributed by atoms with Gasteiger partial charge in [0, 0.05) is 19.6 Å². The highest BCUT2D eigenvalue weighted by Crippen LogP contribution is 2.40. The van der Waals surface area contributed by atoms with Crippen molar-refractivity contribution in [3.8, 4) is 0 Å². The fourth-order valence-electron chi connectivity index (χ4n) is 3.35. The fraction of sp³-hybridized carbons (Fsp3) is 1.00. The second-order valence-corrected chi connectivity index (χ2v) is 5.98. The van der Waals surface area contributed by atoms with Gasteiger partial charge in [-0.15, -0.1) is 0 Å². The van der Waals surface area contributed by atoms with Gasteiger partial charge >= 0.3 is 0 Å². The Balaban J connectivity index is 1.92. The third-order valence-electron chi connectivity index (χ3n) is 4.77. The van der Waals surface area contributed by atoms with Crippen molar-refractivity contribution in [2.24, 2.45) is 17.8 Å². The van der Waals surface area contributed by atoms with Gasteiger partial charge in [0.2, 0.25) is 0 Å². The van der Waals surface area contributed by atoms with Crippen LogP contribution in [-0.4, -0.2) is 39.0 Å². The SMILES string of the molecule is CNCC(C)C(C)C1CCOC2(CCOC2)C1. The van der Waals surface area contributed by atoms with Crippen molar-refractivity contribution in [1.29, 1.82) is 0 Å². The van der Waals surface area contributed by atoms with E-state index in [1.54, 1.807) is 0 Å². The maximum Gasteiger partial charge on any atom is 0.0939 e. The molecule has 3 nitrogen and oxygen atoms in total. The van der Waals surface area contributed by atoms with Gasteiger partial charge in [0.15, 0.2) is 0 Å². The van der Waals surface area contributed by atoms with Crippen molar-refractivity contribution in [2.45, 2.75) is 38.7 Å². The molecule has 0 aromatic carbocycles. The van der Waals surface area contributed by atoms with Crippen molar-refractivity contribution < 1.29 is 9.47 Å². The van der Waals surface area contributed by atoms with E-state index in [-0.39, 0.29) is 5.60 Å². The van der Waals surface area contributed by atoms with Gasteiger partial charge in [-0.05, 0) is 44.2 Å². The van der Waals surface area contributed by atoms with E-state index < -0.39 is 0 Å². The van der Waals surface area contributed by atoms with Crippen molar-refractivity contribution in [3.05, 3.63) is 0 Å². The van der Waals surface area contributed by atoms with Crippen LogP contribution < -0.4 is 5.32 Å². The first kappa shape index (κ1) is 13.3. The van der Waals surface area contributed by atoms with Gasteiger partial charge in [-0.3, -0.25) is 0 Å². The molecule has 0 aromatic heterocycles. The minimum atomic E-state index is 0.0660. The number of rotatable bonds is 4. The molecule has 0 radical (unpaired) electrons. The highest BCUT2D eigenvalue weighted by atomic mass is 16.6. The molecule has 0 aliphatic carbocycles. The van der Waals surface area contributed by atoms with E-state index >= 15 is 0 Å². The summed E-state index contributed by atoms with van der Waals surface area (Å²) in [6.07, 6.45) is 3.51. The Morgan fingerprint density at radius 2 is 2.18 bits per heavy atom. The fourth-order valence-corrected chi connectivity index (χ4v) is 3.35. The average Bonchev–Trinajstić information content (AvgIpc) is 2.76. The summed E-state index contributed by atoms with van der Waals surface area (Å²) in [6.45, 7) is 8.49. The molecule has 0 saturated carbocycles. The Bertz CT molecular complexity index is 238. The van der Waals surface area contributed by atoms with Crippen LogP contribution in [0.1, 0.15) is 33.1 Å². The molecule has 2 fully saturated rings. The van der Waals surface area contributed by atoms with Gasteiger partial charge in [-0.1, -0.05) is 13.8 Å². The highest BCUT2D eigenvalue weighted by Gasteiger charge is 2.42. The van der Waals surface area contributed by atoms with Gasteiger partial charge in [-0.2, -0.15) is 0 Å². The first-order chi connectivity index (χ1) is 8.17. The zero-order valence-electron chi connectivity index (χ0n) is 11.5. The molecule has 17 heavy (non-hydrogen) atoms. The summed E-state index contributed by atoms with van der Waals surface area (Å²) >= 11 is 0. The Labute approximate surface area is 105 Å². The van der Waals surface area contributed by atoms with Gasteiger partial charge < -0.3 is 14.8 Å². The lowest BCUT2D eigenvalue weighted by Crippen LogP contribution is -2.43. The predicted octanol–water partition coefficient (Wildman–Crippen LogP) is 2.06. The molecule has 3 heteroatoms. The number of nitrogens with one attached hydrogen (secondary N) is 1. The Kier molecular flexibility index (Phi) is 4.45. The van der Waals surface area contributed by atoms with Crippen LogP contribution in [-0.2, 0) is 9.47 Å². The van der Waals surface area contributed by atoms with E-state index in [0.717, 1.165) is 50.5 Å². The average molecular weight is 241 g/mol. The van der Waals surface area contributed by atoms with Gasteiger partial charge in [-0.25, -0.2) is 0 Å². The summed E-state index contributed by atoms with van der Waals surface area (Å²) in [7, 11) is 2.04. The second-order valence-electron chi connectivity index (χ2n) is 5.98. The van der Waals surface area contributed by atoms with Crippen molar-refractivity contribution >= 4 is 0 Å². The summed E-state index contributed by atoms with van der Waals surface area (Å²) in [5, 5.41) is 3.29. The third-order valence-corrected chi connectivity index (χ3v) is 4.77. The largest absolute Gasteiger partial charge is 0.378 e. The minimum Gasteiger partial charge on any atom is -0.378 e. The topological polar surface area (TPSA) is 30.5 Å². The summed E-state index contributed by atoms with van der Waals surface area (Å²) in [6, 6.07) is 0. The van der Waals surface area contributed by atoms with Crippen LogP contribution in [0.25, 0.3) is 0 Å². The van der Waals surface area contributed by atoms with Crippen LogP contribution in [0.3, 0.4) is 0 Å². The normalized spacial score (nSPS) is 37.2. The Hall–Kier alpha value is -0.120. The molecule has 0 aromatic rings. The number of hydrogen-bond acceptors (Lipinski definition) is 3. The molecule has 4 unspecified atom stereocenters. The van der Waals surface area contributed by atoms with E-state index in [0.29, 0.717) is 0 Å². The van der Waals surface area contributed by atoms with Crippen LogP contribution in [0.15, 0.2) is 0 Å². The first-order valence-corrected chi connectivity index (χ1v) is 7.03. The number of hydrogen-bond donors (Lipinski definition) is 1. The van der Waals surface area contributed by atoms with Gasteiger partial charge in [0.05, 0.1) is 12.2 Å². The molecule has 2 rings (SSSR count). The van der Waals surface area contributed by atoms with E-state index in [1.165, 1.54) is 12.8 Å². The van der Waals surface area contributed by atoms with Crippen molar-refractivity contribution in [3.63, 3.8) is 0 Å². The summed E-state index contributed by atoms with van der Waals surface area (Å²) in [5.41, 5.74) is 0.0660. The summed E-state index contributed by atoms with van der Waals surface area (Å²) in [5.74, 6) is 2.31. The molecule has 1 spiro atoms. The first-order valence-electron chi connectivity index (χ1n) is 7.03. The zero-order valence-corrected chi connectivity index (χ0v) is 11.5. The molecule has 4 atom stereocenters. The smallest absolute Gasteiger partial charge is 0.0939 e. The molecule has 0 bridgehead atoms. The molecule has 2 saturated heterocycles. The molecule has 2 aliphatic rings. The summed E-state index contributed by atoms with van der Waals surface area (Å²) in [4.78, 5) is 0. The van der Waals surface area contributed by atoms with Crippen LogP contribution in [0, 0.1) is 17.8 Å². The van der Waals surface area contributed by atoms with E-state index in [9.17, 15) is 0 Å². The predicted molar refractivity (Wildman–Crippen MR) is 69.1 cm³/mol. The van der Waals surface area contributed by atoms with E-state index in [1.807, 2.05) is 7.05 Å². The third kappa shape index (κ3) is 3.01. The lowest BCUT2D eigenvalue weighted by Gasteiger charge is -2.41. The highest BCUT2D eigenvalue weighted by molar-refractivity contribution is 4.92. The standard InChI is InChI=1S/C14H27NO2/c1-11(9-15-3)12(2)13-4-6-17-14(8-13)5-7-16-10-14/h11-13,15H,4-10H2,1-3H3. The monoisotopic (exact) mass is 241 g/mol. The van der Waals surface area contributed by atoms with E-state index in [4.69, 9.17) is 9.47 Å². The zero-order chi connectivity index (χ0) is 12.3. The quantitative estimate of drug-likeness (QED) is 0.817. The lowest BCUT2D eigenvalue weighted by molar-refractivity contribution is -0.108.